The Morgan fingerprint density at radius 2 is 1.93 bits per heavy atom. The number of carbonyl (C=O) groups excluding carboxylic acids is 1. The molecule has 2 aromatic carbocycles. The maximum absolute atomic E-state index is 11.8. The molecular weight excluding hydrogens is 364 g/mol. The lowest BCUT2D eigenvalue weighted by Crippen LogP contribution is -2.28. The Kier molecular flexibility index (Phi) is 5.69. The Morgan fingerprint density at radius 1 is 1.14 bits per heavy atom. The summed E-state index contributed by atoms with van der Waals surface area (Å²) < 4.78 is 5.96. The van der Waals surface area contributed by atoms with Gasteiger partial charge in [-0.15, -0.1) is 0 Å². The molecule has 1 amide bonds. The Balaban J connectivity index is 1.47. The van der Waals surface area contributed by atoms with E-state index >= 15 is 0 Å². The van der Waals surface area contributed by atoms with Gasteiger partial charge < -0.3 is 20.4 Å². The highest BCUT2D eigenvalue weighted by atomic mass is 16.5. The van der Waals surface area contributed by atoms with Gasteiger partial charge in [0.1, 0.15) is 11.5 Å². The number of H-pyrrole nitrogens is 1. The number of benzene rings is 2. The number of anilines is 1. The molecule has 1 atom stereocenters. The van der Waals surface area contributed by atoms with E-state index in [1.165, 1.54) is 32.1 Å². The van der Waals surface area contributed by atoms with Crippen molar-refractivity contribution in [3.05, 3.63) is 48.0 Å². The molecule has 1 fully saturated rings. The molecule has 3 aromatic rings. The molecule has 0 aliphatic heterocycles. The molecule has 0 unspecified atom stereocenters. The first kappa shape index (κ1) is 19.3. The van der Waals surface area contributed by atoms with E-state index in [-0.39, 0.29) is 5.91 Å². The zero-order chi connectivity index (χ0) is 20.2. The highest BCUT2D eigenvalue weighted by Crippen LogP contribution is 2.29. The third-order valence-corrected chi connectivity index (χ3v) is 5.73. The molecule has 1 aromatic heterocycles. The zero-order valence-corrected chi connectivity index (χ0v) is 17.0. The van der Waals surface area contributed by atoms with E-state index < -0.39 is 0 Å². The number of ether oxygens (including phenoxy) is 1. The van der Waals surface area contributed by atoms with Crippen LogP contribution in [0, 0.1) is 5.92 Å². The summed E-state index contributed by atoms with van der Waals surface area (Å²) in [7, 11) is 1.61. The highest BCUT2D eigenvalue weighted by Gasteiger charge is 2.20. The monoisotopic (exact) mass is 392 g/mol. The van der Waals surface area contributed by atoms with Crippen LogP contribution in [0.25, 0.3) is 11.0 Å². The summed E-state index contributed by atoms with van der Waals surface area (Å²) in [4.78, 5) is 19.8. The van der Waals surface area contributed by atoms with Crippen LogP contribution in [-0.2, 0) is 0 Å². The molecule has 6 heteroatoms. The Bertz CT molecular complexity index is 991. The van der Waals surface area contributed by atoms with Gasteiger partial charge >= 0.3 is 0 Å². The number of amides is 1. The number of aromatic nitrogens is 2. The molecule has 1 aliphatic carbocycles. The van der Waals surface area contributed by atoms with Gasteiger partial charge in [-0.3, -0.25) is 4.79 Å². The first-order chi connectivity index (χ1) is 14.1. The third kappa shape index (κ3) is 4.53. The van der Waals surface area contributed by atoms with Crippen molar-refractivity contribution in [1.82, 2.24) is 15.3 Å². The molecule has 1 heterocycles. The van der Waals surface area contributed by atoms with Crippen LogP contribution in [0.3, 0.4) is 0 Å². The molecule has 4 rings (SSSR count). The van der Waals surface area contributed by atoms with Gasteiger partial charge in [0, 0.05) is 24.7 Å². The predicted octanol–water partition coefficient (Wildman–Crippen LogP) is 5.10. The zero-order valence-electron chi connectivity index (χ0n) is 17.0. The van der Waals surface area contributed by atoms with Gasteiger partial charge in [0.15, 0.2) is 0 Å². The van der Waals surface area contributed by atoms with Crippen molar-refractivity contribution in [3.8, 4) is 11.5 Å². The lowest BCUT2D eigenvalue weighted by atomic mass is 9.85. The van der Waals surface area contributed by atoms with Crippen LogP contribution in [0.15, 0.2) is 42.5 Å². The fraction of sp³-hybridized carbons (Fsp3) is 0.391. The number of hydrogen-bond acceptors (Lipinski definition) is 4. The SMILES string of the molecule is CNC(=O)c1cccc(Oc2ccc3nc(N[C@H](C)C4CCCCC4)[nH]c3c2)c1. The van der Waals surface area contributed by atoms with E-state index in [1.807, 2.05) is 30.3 Å². The summed E-state index contributed by atoms with van der Waals surface area (Å²) in [6.07, 6.45) is 6.61. The Morgan fingerprint density at radius 3 is 2.72 bits per heavy atom. The largest absolute Gasteiger partial charge is 0.457 e. The molecule has 1 aliphatic rings. The van der Waals surface area contributed by atoms with Gasteiger partial charge in [-0.25, -0.2) is 4.98 Å². The van der Waals surface area contributed by atoms with Gasteiger partial charge in [0.25, 0.3) is 5.91 Å². The minimum Gasteiger partial charge on any atom is -0.457 e. The van der Waals surface area contributed by atoms with Crippen molar-refractivity contribution in [2.24, 2.45) is 5.92 Å². The van der Waals surface area contributed by atoms with E-state index in [4.69, 9.17) is 4.74 Å². The molecule has 29 heavy (non-hydrogen) atoms. The van der Waals surface area contributed by atoms with Gasteiger partial charge in [0.2, 0.25) is 5.95 Å². The summed E-state index contributed by atoms with van der Waals surface area (Å²) in [5, 5.41) is 6.17. The third-order valence-electron chi connectivity index (χ3n) is 5.73. The van der Waals surface area contributed by atoms with Crippen LogP contribution < -0.4 is 15.4 Å². The van der Waals surface area contributed by atoms with Crippen LogP contribution in [0.1, 0.15) is 49.4 Å². The van der Waals surface area contributed by atoms with Crippen molar-refractivity contribution >= 4 is 22.9 Å². The summed E-state index contributed by atoms with van der Waals surface area (Å²) in [5.41, 5.74) is 2.38. The van der Waals surface area contributed by atoms with Crippen LogP contribution in [0.5, 0.6) is 11.5 Å². The van der Waals surface area contributed by atoms with Crippen LogP contribution >= 0.6 is 0 Å². The first-order valence-electron chi connectivity index (χ1n) is 10.4. The molecular formula is C23H28N4O2. The smallest absolute Gasteiger partial charge is 0.251 e. The predicted molar refractivity (Wildman–Crippen MR) is 116 cm³/mol. The number of nitrogens with one attached hydrogen (secondary N) is 3. The molecule has 6 nitrogen and oxygen atoms in total. The number of carbonyl (C=O) groups is 1. The number of fused-ring (bicyclic) bond motifs is 1. The van der Waals surface area contributed by atoms with Crippen LogP contribution in [-0.4, -0.2) is 29.0 Å². The second kappa shape index (κ2) is 8.55. The van der Waals surface area contributed by atoms with Crippen LogP contribution in [0.4, 0.5) is 5.95 Å². The van der Waals surface area contributed by atoms with Gasteiger partial charge in [-0.2, -0.15) is 0 Å². The number of imidazole rings is 1. The van der Waals surface area contributed by atoms with Gasteiger partial charge in [0.05, 0.1) is 11.0 Å². The highest BCUT2D eigenvalue weighted by molar-refractivity contribution is 5.94. The van der Waals surface area contributed by atoms with Crippen molar-refractivity contribution in [3.63, 3.8) is 0 Å². The maximum Gasteiger partial charge on any atom is 0.251 e. The standard InChI is InChI=1S/C23H28N4O2/c1-15(16-7-4-3-5-8-16)25-23-26-20-12-11-19(14-21(20)27-23)29-18-10-6-9-17(13-18)22(28)24-2/h6,9-16H,3-5,7-8H2,1-2H3,(H,24,28)(H2,25,26,27)/t15-/m1/s1. The van der Waals surface area contributed by atoms with E-state index in [2.05, 4.69) is 27.5 Å². The van der Waals surface area contributed by atoms with Gasteiger partial charge in [-0.1, -0.05) is 25.3 Å². The quantitative estimate of drug-likeness (QED) is 0.546. The van der Waals surface area contributed by atoms with E-state index in [0.29, 0.717) is 29.0 Å². The second-order valence-corrected chi connectivity index (χ2v) is 7.80. The number of nitrogens with zero attached hydrogens (tertiary/aromatic N) is 1. The normalized spacial score (nSPS) is 15.8. The summed E-state index contributed by atoms with van der Waals surface area (Å²) in [6, 6.07) is 13.3. The molecule has 3 N–H and O–H groups in total. The van der Waals surface area contributed by atoms with E-state index in [1.54, 1.807) is 19.2 Å². The summed E-state index contributed by atoms with van der Waals surface area (Å²) in [5.74, 6) is 2.69. The fourth-order valence-electron chi connectivity index (χ4n) is 4.07. The lowest BCUT2D eigenvalue weighted by molar-refractivity contribution is 0.0963. The van der Waals surface area contributed by atoms with Gasteiger partial charge in [-0.05, 0) is 56.0 Å². The topological polar surface area (TPSA) is 79.0 Å². The molecule has 0 saturated heterocycles. The average molecular weight is 393 g/mol. The lowest BCUT2D eigenvalue weighted by Gasteiger charge is -2.28. The molecule has 0 radical (unpaired) electrons. The molecule has 1 saturated carbocycles. The molecule has 152 valence electrons. The van der Waals surface area contributed by atoms with Crippen molar-refractivity contribution in [2.45, 2.75) is 45.1 Å². The maximum atomic E-state index is 11.8. The Labute approximate surface area is 171 Å². The van der Waals surface area contributed by atoms with Crippen molar-refractivity contribution < 1.29 is 9.53 Å². The Hall–Kier alpha value is -3.02. The minimum absolute atomic E-state index is 0.137. The average Bonchev–Trinajstić information content (AvgIpc) is 3.15. The van der Waals surface area contributed by atoms with E-state index in [0.717, 1.165) is 17.0 Å². The van der Waals surface area contributed by atoms with Crippen molar-refractivity contribution in [2.75, 3.05) is 12.4 Å². The van der Waals surface area contributed by atoms with E-state index in [9.17, 15) is 4.79 Å². The fourth-order valence-corrected chi connectivity index (χ4v) is 4.07. The number of rotatable bonds is 6. The van der Waals surface area contributed by atoms with Crippen LogP contribution in [0.2, 0.25) is 0 Å². The van der Waals surface area contributed by atoms with Crippen molar-refractivity contribution in [1.29, 1.82) is 0 Å². The second-order valence-electron chi connectivity index (χ2n) is 7.80. The molecule has 0 spiro atoms. The summed E-state index contributed by atoms with van der Waals surface area (Å²) in [6.45, 7) is 2.25. The minimum atomic E-state index is -0.137. The summed E-state index contributed by atoms with van der Waals surface area (Å²) >= 11 is 0. The number of hydrogen-bond donors (Lipinski definition) is 3. The first-order valence-corrected chi connectivity index (χ1v) is 10.4. The number of aromatic amines is 1. The molecule has 0 bridgehead atoms.